The highest BCUT2D eigenvalue weighted by Crippen LogP contribution is 2.28. The zero-order valence-corrected chi connectivity index (χ0v) is 14.7. The molecular weight excluding hydrogens is 314 g/mol. The number of benzene rings is 1. The molecule has 0 aliphatic carbocycles. The lowest BCUT2D eigenvalue weighted by Gasteiger charge is -2.34. The first-order chi connectivity index (χ1) is 10.8. The van der Waals surface area contributed by atoms with Crippen molar-refractivity contribution in [1.82, 2.24) is 9.80 Å². The summed E-state index contributed by atoms with van der Waals surface area (Å²) in [6, 6.07) is 7.09. The molecule has 1 aromatic rings. The number of carbonyl (C=O) groups is 1. The Morgan fingerprint density at radius 2 is 2.09 bits per heavy atom. The number of hydrogen-bond acceptors (Lipinski definition) is 3. The fraction of sp³-hybridized carbons (Fsp3) is 0.412. The smallest absolute Gasteiger partial charge is 0.326 e. The van der Waals surface area contributed by atoms with E-state index in [2.05, 4.69) is 11.7 Å². The summed E-state index contributed by atoms with van der Waals surface area (Å²) in [5.41, 5.74) is 1.10. The summed E-state index contributed by atoms with van der Waals surface area (Å²) in [6.45, 7) is 9.94. The van der Waals surface area contributed by atoms with Crippen molar-refractivity contribution >= 4 is 30.0 Å². The van der Waals surface area contributed by atoms with E-state index in [1.165, 1.54) is 4.90 Å². The van der Waals surface area contributed by atoms with Crippen LogP contribution in [-0.2, 0) is 4.74 Å². The lowest BCUT2D eigenvalue weighted by atomic mass is 10.1. The van der Waals surface area contributed by atoms with Crippen LogP contribution in [0.2, 0.25) is 5.02 Å². The molecule has 1 aliphatic rings. The third-order valence-electron chi connectivity index (χ3n) is 3.83. The number of urea groups is 1. The van der Waals surface area contributed by atoms with Crippen molar-refractivity contribution < 1.29 is 9.53 Å². The van der Waals surface area contributed by atoms with Crippen molar-refractivity contribution in [2.75, 3.05) is 13.7 Å². The van der Waals surface area contributed by atoms with Gasteiger partial charge in [-0.25, -0.2) is 4.79 Å². The van der Waals surface area contributed by atoms with E-state index in [4.69, 9.17) is 16.3 Å². The highest BCUT2D eigenvalue weighted by Gasteiger charge is 2.42. The summed E-state index contributed by atoms with van der Waals surface area (Å²) in [6.07, 6.45) is 1.41. The van der Waals surface area contributed by atoms with Gasteiger partial charge in [0.05, 0.1) is 17.8 Å². The van der Waals surface area contributed by atoms with Gasteiger partial charge in [-0.05, 0) is 39.6 Å². The number of nitrogens with zero attached hydrogens (tertiary/aromatic N) is 3. The molecule has 1 unspecified atom stereocenters. The number of carbonyl (C=O) groups excluding carboxylic acids is 1. The van der Waals surface area contributed by atoms with Gasteiger partial charge in [0, 0.05) is 23.8 Å². The Morgan fingerprint density at radius 3 is 2.57 bits per heavy atom. The first-order valence-electron chi connectivity index (χ1n) is 7.38. The summed E-state index contributed by atoms with van der Waals surface area (Å²) >= 11 is 5.90. The SMILES string of the molecule is C=N/C(=C\N(C)C(=O)N1C(C)OCC1(C)C)c1ccc(Cl)cc1. The van der Waals surface area contributed by atoms with E-state index >= 15 is 0 Å². The van der Waals surface area contributed by atoms with Crippen LogP contribution in [0.3, 0.4) is 0 Å². The second-order valence-corrected chi connectivity index (χ2v) is 6.60. The zero-order chi connectivity index (χ0) is 17.2. The third-order valence-corrected chi connectivity index (χ3v) is 4.08. The Kier molecular flexibility index (Phi) is 5.12. The normalized spacial score (nSPS) is 20.5. The molecule has 1 aromatic carbocycles. The maximum Gasteiger partial charge on any atom is 0.326 e. The molecular formula is C17H22ClN3O2. The van der Waals surface area contributed by atoms with E-state index in [9.17, 15) is 4.79 Å². The predicted molar refractivity (Wildman–Crippen MR) is 93.5 cm³/mol. The van der Waals surface area contributed by atoms with Gasteiger partial charge in [-0.3, -0.25) is 9.89 Å². The summed E-state index contributed by atoms with van der Waals surface area (Å²) in [5, 5.41) is 0.645. The van der Waals surface area contributed by atoms with Crippen LogP contribution in [0.15, 0.2) is 35.5 Å². The first kappa shape index (κ1) is 17.5. The van der Waals surface area contributed by atoms with Crippen LogP contribution in [0, 0.1) is 0 Å². The zero-order valence-electron chi connectivity index (χ0n) is 13.9. The Bertz CT molecular complexity index is 625. The van der Waals surface area contributed by atoms with E-state index in [0.29, 0.717) is 17.3 Å². The van der Waals surface area contributed by atoms with Crippen molar-refractivity contribution in [1.29, 1.82) is 0 Å². The van der Waals surface area contributed by atoms with Crippen molar-refractivity contribution in [3.05, 3.63) is 41.1 Å². The van der Waals surface area contributed by atoms with Gasteiger partial charge in [-0.1, -0.05) is 23.7 Å². The topological polar surface area (TPSA) is 45.1 Å². The summed E-state index contributed by atoms with van der Waals surface area (Å²) in [4.78, 5) is 20.0. The number of aliphatic imine (C=N–C) groups is 1. The van der Waals surface area contributed by atoms with Gasteiger partial charge in [-0.2, -0.15) is 0 Å². The summed E-state index contributed by atoms with van der Waals surface area (Å²) in [5.74, 6) is 0. The van der Waals surface area contributed by atoms with E-state index < -0.39 is 0 Å². The van der Waals surface area contributed by atoms with E-state index in [-0.39, 0.29) is 17.8 Å². The number of halogens is 1. The molecule has 1 atom stereocenters. The van der Waals surface area contributed by atoms with Gasteiger partial charge in [0.2, 0.25) is 0 Å². The van der Waals surface area contributed by atoms with Crippen molar-refractivity contribution in [2.24, 2.45) is 4.99 Å². The summed E-state index contributed by atoms with van der Waals surface area (Å²) < 4.78 is 5.59. The Morgan fingerprint density at radius 1 is 1.48 bits per heavy atom. The molecule has 1 aliphatic heterocycles. The van der Waals surface area contributed by atoms with E-state index in [0.717, 1.165) is 5.56 Å². The molecule has 0 N–H and O–H groups in total. The summed E-state index contributed by atoms with van der Waals surface area (Å²) in [7, 11) is 1.70. The largest absolute Gasteiger partial charge is 0.356 e. The van der Waals surface area contributed by atoms with Gasteiger partial charge >= 0.3 is 6.03 Å². The molecule has 124 valence electrons. The molecule has 0 spiro atoms. The second-order valence-electron chi connectivity index (χ2n) is 6.17. The van der Waals surface area contributed by atoms with E-state index in [1.807, 2.05) is 32.9 Å². The maximum absolute atomic E-state index is 12.8. The molecule has 2 rings (SSSR count). The van der Waals surface area contributed by atoms with Crippen LogP contribution in [0.4, 0.5) is 4.79 Å². The van der Waals surface area contributed by atoms with Crippen LogP contribution in [-0.4, -0.2) is 48.0 Å². The highest BCUT2D eigenvalue weighted by molar-refractivity contribution is 6.30. The standard InChI is InChI=1S/C17H22ClN3O2/c1-12-21(17(2,3)11-23-12)16(22)20(5)10-15(19-4)13-6-8-14(18)9-7-13/h6-10,12H,4,11H2,1-3,5H3/b15-10-. The monoisotopic (exact) mass is 335 g/mol. The lowest BCUT2D eigenvalue weighted by molar-refractivity contribution is 0.0542. The van der Waals surface area contributed by atoms with Gasteiger partial charge in [0.25, 0.3) is 0 Å². The first-order valence-corrected chi connectivity index (χ1v) is 7.76. The highest BCUT2D eigenvalue weighted by atomic mass is 35.5. The van der Waals surface area contributed by atoms with Gasteiger partial charge < -0.3 is 9.64 Å². The van der Waals surface area contributed by atoms with Crippen LogP contribution in [0.5, 0.6) is 0 Å². The fourth-order valence-electron chi connectivity index (χ4n) is 2.61. The minimum Gasteiger partial charge on any atom is -0.356 e. The number of rotatable bonds is 3. The number of hydrogen-bond donors (Lipinski definition) is 0. The minimum absolute atomic E-state index is 0.143. The Labute approximate surface area is 142 Å². The Hall–Kier alpha value is -1.85. The van der Waals surface area contributed by atoms with Crippen LogP contribution < -0.4 is 0 Å². The molecule has 1 heterocycles. The van der Waals surface area contributed by atoms with Crippen molar-refractivity contribution in [2.45, 2.75) is 32.5 Å². The third kappa shape index (κ3) is 3.74. The van der Waals surface area contributed by atoms with Crippen LogP contribution >= 0.6 is 11.6 Å². The van der Waals surface area contributed by atoms with Crippen molar-refractivity contribution in [3.63, 3.8) is 0 Å². The van der Waals surface area contributed by atoms with Crippen LogP contribution in [0.25, 0.3) is 5.70 Å². The second kappa shape index (κ2) is 6.72. The van der Waals surface area contributed by atoms with Gasteiger partial charge in [0.1, 0.15) is 6.23 Å². The molecule has 0 bridgehead atoms. The molecule has 0 aromatic heterocycles. The average molecular weight is 336 g/mol. The minimum atomic E-state index is -0.347. The predicted octanol–water partition coefficient (Wildman–Crippen LogP) is 3.85. The van der Waals surface area contributed by atoms with Gasteiger partial charge in [-0.15, -0.1) is 0 Å². The van der Waals surface area contributed by atoms with E-state index in [1.54, 1.807) is 30.3 Å². The van der Waals surface area contributed by atoms with Gasteiger partial charge in [0.15, 0.2) is 0 Å². The molecule has 5 nitrogen and oxygen atoms in total. The Balaban J connectivity index is 2.24. The molecule has 0 radical (unpaired) electrons. The molecule has 1 fully saturated rings. The van der Waals surface area contributed by atoms with Crippen LogP contribution in [0.1, 0.15) is 26.3 Å². The molecule has 0 saturated carbocycles. The number of ether oxygens (including phenoxy) is 1. The molecule has 23 heavy (non-hydrogen) atoms. The molecule has 6 heteroatoms. The quantitative estimate of drug-likeness (QED) is 0.788. The lowest BCUT2D eigenvalue weighted by Crippen LogP contribution is -2.51. The fourth-order valence-corrected chi connectivity index (χ4v) is 2.74. The van der Waals surface area contributed by atoms with Crippen molar-refractivity contribution in [3.8, 4) is 0 Å². The maximum atomic E-state index is 12.8. The number of amides is 2. The molecule has 2 amide bonds. The average Bonchev–Trinajstić information content (AvgIpc) is 2.78. The molecule has 1 saturated heterocycles.